The van der Waals surface area contributed by atoms with Crippen LogP contribution in [0.5, 0.6) is 0 Å². The highest BCUT2D eigenvalue weighted by atomic mass is 35.5. The lowest BCUT2D eigenvalue weighted by Crippen LogP contribution is -2.10. The fraction of sp³-hybridized carbons (Fsp3) is 0.0667. The Morgan fingerprint density at radius 1 is 1.20 bits per heavy atom. The minimum absolute atomic E-state index is 0.323. The summed E-state index contributed by atoms with van der Waals surface area (Å²) in [6.07, 6.45) is 0. The number of carboxylic acids is 1. The number of nitrogen functional groups attached to an aromatic ring is 1. The van der Waals surface area contributed by atoms with Crippen LogP contribution in [-0.4, -0.2) is 23.3 Å². The van der Waals surface area contributed by atoms with Crippen molar-refractivity contribution in [1.82, 2.24) is 0 Å². The van der Waals surface area contributed by atoms with E-state index in [4.69, 9.17) is 22.4 Å². The van der Waals surface area contributed by atoms with E-state index in [1.54, 1.807) is 18.2 Å². The van der Waals surface area contributed by atoms with Crippen molar-refractivity contribution in [2.45, 2.75) is 0 Å². The van der Waals surface area contributed by atoms with Gasteiger partial charge in [-0.3, -0.25) is 9.79 Å². The summed E-state index contributed by atoms with van der Waals surface area (Å²) in [5.74, 6) is -1.00. The Bertz CT molecular complexity index is 654. The monoisotopic (exact) mass is 288 g/mol. The number of carboxylic acid groups (broad SMARTS) is 1. The Balaban J connectivity index is 2.55. The molecule has 5 heteroatoms. The van der Waals surface area contributed by atoms with Crippen LogP contribution in [0.2, 0.25) is 5.02 Å². The number of hydrogen-bond acceptors (Lipinski definition) is 3. The molecule has 0 aromatic heterocycles. The second-order valence-corrected chi connectivity index (χ2v) is 4.59. The van der Waals surface area contributed by atoms with Gasteiger partial charge in [0.25, 0.3) is 0 Å². The number of aliphatic imine (C=N–C) groups is 1. The molecule has 4 nitrogen and oxygen atoms in total. The zero-order valence-electron chi connectivity index (χ0n) is 10.6. The second-order valence-electron chi connectivity index (χ2n) is 4.16. The lowest BCUT2D eigenvalue weighted by atomic mass is 10.0. The van der Waals surface area contributed by atoms with Gasteiger partial charge >= 0.3 is 5.97 Å². The van der Waals surface area contributed by atoms with Crippen molar-refractivity contribution in [3.8, 4) is 0 Å². The molecule has 102 valence electrons. The highest BCUT2D eigenvalue weighted by Gasteiger charge is 2.11. The molecular formula is C15H13ClN2O2. The molecule has 0 aliphatic carbocycles. The Morgan fingerprint density at radius 3 is 2.55 bits per heavy atom. The van der Waals surface area contributed by atoms with E-state index in [-0.39, 0.29) is 6.54 Å². The molecular weight excluding hydrogens is 276 g/mol. The second kappa shape index (κ2) is 6.21. The van der Waals surface area contributed by atoms with Gasteiger partial charge in [0.15, 0.2) is 0 Å². The highest BCUT2D eigenvalue weighted by molar-refractivity contribution is 6.31. The van der Waals surface area contributed by atoms with Gasteiger partial charge in [-0.05, 0) is 18.2 Å². The van der Waals surface area contributed by atoms with Crippen LogP contribution in [0.4, 0.5) is 5.69 Å². The van der Waals surface area contributed by atoms with Crippen LogP contribution in [0.25, 0.3) is 0 Å². The molecule has 2 aromatic carbocycles. The van der Waals surface area contributed by atoms with Crippen molar-refractivity contribution in [3.05, 3.63) is 64.7 Å². The summed E-state index contributed by atoms with van der Waals surface area (Å²) in [6.45, 7) is -0.323. The predicted molar refractivity (Wildman–Crippen MR) is 80.4 cm³/mol. The molecule has 0 unspecified atom stereocenters. The van der Waals surface area contributed by atoms with Crippen molar-refractivity contribution in [1.29, 1.82) is 0 Å². The molecule has 0 heterocycles. The maximum absolute atomic E-state index is 10.8. The van der Waals surface area contributed by atoms with Gasteiger partial charge in [0.1, 0.15) is 6.54 Å². The smallest absolute Gasteiger partial charge is 0.325 e. The number of nitrogens with zero attached hydrogens (tertiary/aromatic N) is 1. The van der Waals surface area contributed by atoms with E-state index >= 15 is 0 Å². The standard InChI is InChI=1S/C15H13ClN2O2/c16-11-6-7-13(17)12(8-11)15(18-9-14(19)20)10-4-2-1-3-5-10/h1-8H,9,17H2,(H,19,20). The first-order valence-electron chi connectivity index (χ1n) is 5.95. The average Bonchev–Trinajstić information content (AvgIpc) is 2.43. The Kier molecular flexibility index (Phi) is 4.38. The highest BCUT2D eigenvalue weighted by Crippen LogP contribution is 2.22. The number of nitrogens with two attached hydrogens (primary N) is 1. The van der Waals surface area contributed by atoms with Gasteiger partial charge < -0.3 is 10.8 Å². The molecule has 0 radical (unpaired) electrons. The van der Waals surface area contributed by atoms with Crippen LogP contribution in [0.1, 0.15) is 11.1 Å². The lowest BCUT2D eigenvalue weighted by Gasteiger charge is -2.10. The minimum Gasteiger partial charge on any atom is -0.480 e. The van der Waals surface area contributed by atoms with E-state index < -0.39 is 5.97 Å². The molecule has 0 aliphatic heterocycles. The van der Waals surface area contributed by atoms with Gasteiger partial charge in [0, 0.05) is 21.8 Å². The van der Waals surface area contributed by atoms with E-state index in [1.165, 1.54) is 0 Å². The summed E-state index contributed by atoms with van der Waals surface area (Å²) in [5, 5.41) is 9.34. The normalized spacial score (nSPS) is 11.3. The fourth-order valence-corrected chi connectivity index (χ4v) is 1.98. The van der Waals surface area contributed by atoms with Crippen LogP contribution in [0.3, 0.4) is 0 Å². The van der Waals surface area contributed by atoms with E-state index in [0.29, 0.717) is 22.0 Å². The molecule has 0 aliphatic rings. The predicted octanol–water partition coefficient (Wildman–Crippen LogP) is 2.84. The first kappa shape index (κ1) is 14.1. The van der Waals surface area contributed by atoms with Gasteiger partial charge in [-0.15, -0.1) is 0 Å². The SMILES string of the molecule is Nc1ccc(Cl)cc1C(=NCC(=O)O)c1ccccc1. The summed E-state index contributed by atoms with van der Waals surface area (Å²) in [7, 11) is 0. The molecule has 2 rings (SSSR count). The molecule has 20 heavy (non-hydrogen) atoms. The van der Waals surface area contributed by atoms with E-state index in [2.05, 4.69) is 4.99 Å². The minimum atomic E-state index is -1.00. The van der Waals surface area contributed by atoms with Gasteiger partial charge in [0.05, 0.1) is 5.71 Å². The largest absolute Gasteiger partial charge is 0.480 e. The molecule has 0 fully saturated rings. The van der Waals surface area contributed by atoms with Crippen LogP contribution < -0.4 is 5.73 Å². The van der Waals surface area contributed by atoms with Crippen molar-refractivity contribution in [2.24, 2.45) is 4.99 Å². The number of carbonyl (C=O) groups is 1. The van der Waals surface area contributed by atoms with Crippen molar-refractivity contribution < 1.29 is 9.90 Å². The summed E-state index contributed by atoms with van der Waals surface area (Å²) < 4.78 is 0. The maximum atomic E-state index is 10.8. The van der Waals surface area contributed by atoms with Crippen LogP contribution in [0.15, 0.2) is 53.5 Å². The van der Waals surface area contributed by atoms with Gasteiger partial charge in [0.2, 0.25) is 0 Å². The van der Waals surface area contributed by atoms with Gasteiger partial charge in [-0.25, -0.2) is 0 Å². The van der Waals surface area contributed by atoms with Crippen molar-refractivity contribution >= 4 is 29.0 Å². The maximum Gasteiger partial charge on any atom is 0.325 e. The fourth-order valence-electron chi connectivity index (χ4n) is 1.81. The van der Waals surface area contributed by atoms with E-state index in [1.807, 2.05) is 30.3 Å². The first-order chi connectivity index (χ1) is 9.58. The molecule has 2 aromatic rings. The topological polar surface area (TPSA) is 75.7 Å². The van der Waals surface area contributed by atoms with Crippen molar-refractivity contribution in [2.75, 3.05) is 12.3 Å². The number of aliphatic carboxylic acids is 1. The summed E-state index contributed by atoms with van der Waals surface area (Å²) in [4.78, 5) is 14.9. The molecule has 0 bridgehead atoms. The number of benzene rings is 2. The Morgan fingerprint density at radius 2 is 1.90 bits per heavy atom. The zero-order chi connectivity index (χ0) is 14.5. The first-order valence-corrected chi connectivity index (χ1v) is 6.33. The molecule has 0 spiro atoms. The number of halogens is 1. The quantitative estimate of drug-likeness (QED) is 0.671. The molecule has 0 atom stereocenters. The third-order valence-electron chi connectivity index (χ3n) is 2.69. The van der Waals surface area contributed by atoms with Crippen LogP contribution >= 0.6 is 11.6 Å². The Labute approximate surface area is 121 Å². The van der Waals surface area contributed by atoms with Crippen LogP contribution in [-0.2, 0) is 4.79 Å². The number of rotatable bonds is 4. The Hall–Kier alpha value is -2.33. The number of anilines is 1. The molecule has 0 amide bonds. The third kappa shape index (κ3) is 3.36. The average molecular weight is 289 g/mol. The molecule has 0 saturated carbocycles. The summed E-state index contributed by atoms with van der Waals surface area (Å²) >= 11 is 5.98. The van der Waals surface area contributed by atoms with Crippen LogP contribution in [0, 0.1) is 0 Å². The summed E-state index contributed by atoms with van der Waals surface area (Å²) in [6, 6.07) is 14.3. The van der Waals surface area contributed by atoms with E-state index in [0.717, 1.165) is 5.56 Å². The summed E-state index contributed by atoms with van der Waals surface area (Å²) in [5.41, 5.74) is 8.39. The van der Waals surface area contributed by atoms with Gasteiger partial charge in [-0.2, -0.15) is 0 Å². The molecule has 0 saturated heterocycles. The third-order valence-corrected chi connectivity index (χ3v) is 2.93. The zero-order valence-corrected chi connectivity index (χ0v) is 11.3. The lowest BCUT2D eigenvalue weighted by molar-refractivity contribution is -0.135. The van der Waals surface area contributed by atoms with E-state index in [9.17, 15) is 4.79 Å². The van der Waals surface area contributed by atoms with Crippen molar-refractivity contribution in [3.63, 3.8) is 0 Å². The number of hydrogen-bond donors (Lipinski definition) is 2. The van der Waals surface area contributed by atoms with Gasteiger partial charge in [-0.1, -0.05) is 41.9 Å². The molecule has 3 N–H and O–H groups in total.